The Morgan fingerprint density at radius 1 is 1.17 bits per heavy atom. The summed E-state index contributed by atoms with van der Waals surface area (Å²) >= 11 is 3.42. The maximum atomic E-state index is 12.3. The number of rotatable bonds is 4. The Hall–Kier alpha value is -2.40. The van der Waals surface area contributed by atoms with E-state index in [2.05, 4.69) is 26.2 Å². The molecule has 0 saturated carbocycles. The van der Waals surface area contributed by atoms with Crippen LogP contribution in [-0.4, -0.2) is 18.1 Å². The number of aromatic nitrogens is 1. The predicted molar refractivity (Wildman–Crippen MR) is 99.3 cm³/mol. The number of hydrogen-bond acceptors (Lipinski definition) is 4. The third-order valence-electron chi connectivity index (χ3n) is 3.92. The third kappa shape index (κ3) is 3.26. The molecule has 1 N–H and O–H groups in total. The van der Waals surface area contributed by atoms with Crippen molar-refractivity contribution in [3.8, 4) is 0 Å². The van der Waals surface area contributed by atoms with Crippen molar-refractivity contribution in [1.82, 2.24) is 4.98 Å². The number of pyridine rings is 1. The highest BCUT2D eigenvalue weighted by Crippen LogP contribution is 2.24. The van der Waals surface area contributed by atoms with E-state index in [-0.39, 0.29) is 5.97 Å². The van der Waals surface area contributed by atoms with Gasteiger partial charge in [0.05, 0.1) is 30.4 Å². The molecular formula is C19H17BrN2O2. The largest absolute Gasteiger partial charge is 0.465 e. The first-order valence-corrected chi connectivity index (χ1v) is 8.35. The first-order valence-electron chi connectivity index (χ1n) is 7.56. The molecule has 3 rings (SSSR count). The highest BCUT2D eigenvalue weighted by molar-refractivity contribution is 9.10. The van der Waals surface area contributed by atoms with Gasteiger partial charge in [0.1, 0.15) is 0 Å². The van der Waals surface area contributed by atoms with E-state index in [9.17, 15) is 4.79 Å². The standard InChI is InChI=1S/C19H17BrN2O2/c1-12-15-5-3-4-6-16(15)22-17(18(12)19(23)24-2)11-21-14-9-7-13(20)8-10-14/h3-10,21H,11H2,1-2H3. The minimum absolute atomic E-state index is 0.363. The zero-order valence-corrected chi connectivity index (χ0v) is 15.1. The van der Waals surface area contributed by atoms with Crippen LogP contribution in [0.15, 0.2) is 53.0 Å². The summed E-state index contributed by atoms with van der Waals surface area (Å²) in [6, 6.07) is 15.7. The van der Waals surface area contributed by atoms with Gasteiger partial charge in [0.2, 0.25) is 0 Å². The van der Waals surface area contributed by atoms with E-state index in [0.29, 0.717) is 17.8 Å². The molecule has 0 aliphatic carbocycles. The highest BCUT2D eigenvalue weighted by atomic mass is 79.9. The predicted octanol–water partition coefficient (Wildman–Crippen LogP) is 4.70. The van der Waals surface area contributed by atoms with Crippen molar-refractivity contribution in [1.29, 1.82) is 0 Å². The molecule has 24 heavy (non-hydrogen) atoms. The number of benzene rings is 2. The molecule has 0 atom stereocenters. The minimum Gasteiger partial charge on any atom is -0.465 e. The number of nitrogens with one attached hydrogen (secondary N) is 1. The van der Waals surface area contributed by atoms with Gasteiger partial charge < -0.3 is 10.1 Å². The number of carbonyl (C=O) groups is 1. The fraction of sp³-hybridized carbons (Fsp3) is 0.158. The van der Waals surface area contributed by atoms with Crippen LogP contribution in [0.3, 0.4) is 0 Å². The van der Waals surface area contributed by atoms with Gasteiger partial charge in [-0.25, -0.2) is 4.79 Å². The molecule has 1 aromatic heterocycles. The van der Waals surface area contributed by atoms with Crippen LogP contribution >= 0.6 is 15.9 Å². The number of nitrogens with zero attached hydrogens (tertiary/aromatic N) is 1. The van der Waals surface area contributed by atoms with Gasteiger partial charge in [-0.05, 0) is 42.8 Å². The van der Waals surface area contributed by atoms with E-state index in [1.54, 1.807) is 0 Å². The molecule has 2 aromatic carbocycles. The molecule has 0 aliphatic heterocycles. The number of esters is 1. The average Bonchev–Trinajstić information content (AvgIpc) is 2.61. The lowest BCUT2D eigenvalue weighted by atomic mass is 10.0. The monoisotopic (exact) mass is 384 g/mol. The van der Waals surface area contributed by atoms with E-state index < -0.39 is 0 Å². The van der Waals surface area contributed by atoms with Crippen molar-refractivity contribution in [2.45, 2.75) is 13.5 Å². The highest BCUT2D eigenvalue weighted by Gasteiger charge is 2.19. The van der Waals surface area contributed by atoms with Gasteiger partial charge in [-0.15, -0.1) is 0 Å². The molecule has 0 saturated heterocycles. The summed E-state index contributed by atoms with van der Waals surface area (Å²) in [5, 5.41) is 4.27. The molecule has 1 heterocycles. The Balaban J connectivity index is 2.01. The molecule has 0 radical (unpaired) electrons. The Bertz CT molecular complexity index is 892. The van der Waals surface area contributed by atoms with Crippen LogP contribution in [0.4, 0.5) is 5.69 Å². The molecular weight excluding hydrogens is 368 g/mol. The van der Waals surface area contributed by atoms with Crippen molar-refractivity contribution < 1.29 is 9.53 Å². The summed E-state index contributed by atoms with van der Waals surface area (Å²) in [5.41, 5.74) is 3.93. The average molecular weight is 385 g/mol. The quantitative estimate of drug-likeness (QED) is 0.662. The number of anilines is 1. The van der Waals surface area contributed by atoms with Crippen LogP contribution in [0.5, 0.6) is 0 Å². The summed E-state index contributed by atoms with van der Waals surface area (Å²) < 4.78 is 5.98. The maximum Gasteiger partial charge on any atom is 0.340 e. The molecule has 0 fully saturated rings. The van der Waals surface area contributed by atoms with E-state index in [1.165, 1.54) is 7.11 Å². The van der Waals surface area contributed by atoms with Gasteiger partial charge in [-0.2, -0.15) is 0 Å². The SMILES string of the molecule is COC(=O)c1c(CNc2ccc(Br)cc2)nc2ccccc2c1C. The van der Waals surface area contributed by atoms with E-state index in [1.807, 2.05) is 55.5 Å². The summed E-state index contributed by atoms with van der Waals surface area (Å²) in [5.74, 6) is -0.363. The van der Waals surface area contributed by atoms with E-state index >= 15 is 0 Å². The minimum atomic E-state index is -0.363. The van der Waals surface area contributed by atoms with Crippen molar-refractivity contribution >= 4 is 38.5 Å². The number of methoxy groups -OCH3 is 1. The number of aryl methyl sites for hydroxylation is 1. The van der Waals surface area contributed by atoms with Gasteiger partial charge >= 0.3 is 5.97 Å². The number of fused-ring (bicyclic) bond motifs is 1. The van der Waals surface area contributed by atoms with Crippen LogP contribution in [-0.2, 0) is 11.3 Å². The fourth-order valence-electron chi connectivity index (χ4n) is 2.70. The van der Waals surface area contributed by atoms with Gasteiger partial charge in [-0.3, -0.25) is 4.98 Å². The normalized spacial score (nSPS) is 10.6. The summed E-state index contributed by atoms with van der Waals surface area (Å²) in [6.07, 6.45) is 0. The second-order valence-corrected chi connectivity index (χ2v) is 6.34. The molecule has 0 bridgehead atoms. The molecule has 0 unspecified atom stereocenters. The second-order valence-electron chi connectivity index (χ2n) is 5.43. The maximum absolute atomic E-state index is 12.3. The van der Waals surface area contributed by atoms with Crippen LogP contribution in [0, 0.1) is 6.92 Å². The Morgan fingerprint density at radius 2 is 1.88 bits per heavy atom. The van der Waals surface area contributed by atoms with Crippen LogP contribution in [0.2, 0.25) is 0 Å². The molecule has 5 heteroatoms. The number of hydrogen-bond donors (Lipinski definition) is 1. The second kappa shape index (κ2) is 7.01. The lowest BCUT2D eigenvalue weighted by Gasteiger charge is -2.14. The third-order valence-corrected chi connectivity index (χ3v) is 4.45. The van der Waals surface area contributed by atoms with Crippen molar-refractivity contribution in [3.05, 3.63) is 69.8 Å². The van der Waals surface area contributed by atoms with Crippen LogP contribution < -0.4 is 5.32 Å². The molecule has 4 nitrogen and oxygen atoms in total. The Kier molecular flexibility index (Phi) is 4.81. The molecule has 122 valence electrons. The van der Waals surface area contributed by atoms with Gasteiger partial charge in [0.25, 0.3) is 0 Å². The number of para-hydroxylation sites is 1. The first-order chi connectivity index (χ1) is 11.6. The lowest BCUT2D eigenvalue weighted by Crippen LogP contribution is -2.13. The van der Waals surface area contributed by atoms with Crippen LogP contribution in [0.25, 0.3) is 10.9 Å². The lowest BCUT2D eigenvalue weighted by molar-refractivity contribution is 0.0598. The topological polar surface area (TPSA) is 51.2 Å². The Morgan fingerprint density at radius 3 is 2.58 bits per heavy atom. The zero-order chi connectivity index (χ0) is 17.1. The van der Waals surface area contributed by atoms with Crippen molar-refractivity contribution in [2.24, 2.45) is 0 Å². The summed E-state index contributed by atoms with van der Waals surface area (Å²) in [7, 11) is 1.39. The van der Waals surface area contributed by atoms with Crippen LogP contribution in [0.1, 0.15) is 21.6 Å². The molecule has 0 spiro atoms. The summed E-state index contributed by atoms with van der Waals surface area (Å²) in [6.45, 7) is 2.37. The zero-order valence-electron chi connectivity index (χ0n) is 13.5. The smallest absolute Gasteiger partial charge is 0.340 e. The van der Waals surface area contributed by atoms with E-state index in [0.717, 1.165) is 26.6 Å². The van der Waals surface area contributed by atoms with Gasteiger partial charge in [0.15, 0.2) is 0 Å². The first kappa shape index (κ1) is 16.5. The molecule has 3 aromatic rings. The fourth-order valence-corrected chi connectivity index (χ4v) is 2.96. The van der Waals surface area contributed by atoms with Gasteiger partial charge in [0, 0.05) is 15.5 Å². The number of halogens is 1. The van der Waals surface area contributed by atoms with E-state index in [4.69, 9.17) is 4.74 Å². The van der Waals surface area contributed by atoms with Gasteiger partial charge in [-0.1, -0.05) is 34.1 Å². The number of carbonyl (C=O) groups excluding carboxylic acids is 1. The molecule has 0 amide bonds. The Labute approximate surface area is 149 Å². The van der Waals surface area contributed by atoms with Crippen molar-refractivity contribution in [2.75, 3.05) is 12.4 Å². The summed E-state index contributed by atoms with van der Waals surface area (Å²) in [4.78, 5) is 16.9. The number of ether oxygens (including phenoxy) is 1. The molecule has 0 aliphatic rings. The van der Waals surface area contributed by atoms with Crippen molar-refractivity contribution in [3.63, 3.8) is 0 Å².